The van der Waals surface area contributed by atoms with Gasteiger partial charge in [-0.15, -0.1) is 0 Å². The molecular weight excluding hydrogens is 296 g/mol. The zero-order valence-corrected chi connectivity index (χ0v) is 14.1. The summed E-state index contributed by atoms with van der Waals surface area (Å²) in [5, 5.41) is 2.81. The molecule has 6 nitrogen and oxygen atoms in total. The summed E-state index contributed by atoms with van der Waals surface area (Å²) in [4.78, 5) is 36.4. The Morgan fingerprint density at radius 3 is 2.48 bits per heavy atom. The van der Waals surface area contributed by atoms with E-state index in [2.05, 4.69) is 5.32 Å². The minimum absolute atomic E-state index is 0.0225. The van der Waals surface area contributed by atoms with Crippen molar-refractivity contribution in [2.24, 2.45) is 0 Å². The number of hydrogen-bond acceptors (Lipinski definition) is 4. The third-order valence-electron chi connectivity index (χ3n) is 2.98. The van der Waals surface area contributed by atoms with Crippen molar-refractivity contribution in [2.75, 3.05) is 19.7 Å². The van der Waals surface area contributed by atoms with Crippen molar-refractivity contribution in [2.45, 2.75) is 33.2 Å². The maximum absolute atomic E-state index is 12.2. The molecule has 0 atom stereocenters. The molecule has 2 amide bonds. The predicted molar refractivity (Wildman–Crippen MR) is 87.5 cm³/mol. The van der Waals surface area contributed by atoms with Gasteiger partial charge in [-0.05, 0) is 39.8 Å². The first-order valence-electron chi connectivity index (χ1n) is 7.52. The summed E-state index contributed by atoms with van der Waals surface area (Å²) < 4.78 is 5.40. The molecule has 0 fully saturated rings. The summed E-state index contributed by atoms with van der Waals surface area (Å²) in [7, 11) is 0. The fraction of sp³-hybridized carbons (Fsp3) is 0.471. The van der Waals surface area contributed by atoms with E-state index in [1.807, 2.05) is 20.8 Å². The van der Waals surface area contributed by atoms with Gasteiger partial charge in [-0.25, -0.2) is 0 Å². The van der Waals surface area contributed by atoms with Gasteiger partial charge >= 0.3 is 0 Å². The van der Waals surface area contributed by atoms with Crippen LogP contribution in [0.25, 0.3) is 0 Å². The van der Waals surface area contributed by atoms with E-state index in [-0.39, 0.29) is 30.5 Å². The van der Waals surface area contributed by atoms with Crippen LogP contribution in [0.15, 0.2) is 24.3 Å². The number of carbonyl (C=O) groups is 3. The van der Waals surface area contributed by atoms with E-state index in [0.29, 0.717) is 24.1 Å². The van der Waals surface area contributed by atoms with Gasteiger partial charge in [0.15, 0.2) is 12.9 Å². The largest absolute Gasteiger partial charge is 0.483 e. The molecule has 0 aromatic heterocycles. The first-order valence-corrected chi connectivity index (χ1v) is 7.52. The van der Waals surface area contributed by atoms with Crippen LogP contribution in [-0.4, -0.2) is 48.2 Å². The van der Waals surface area contributed by atoms with Gasteiger partial charge in [0, 0.05) is 12.1 Å². The Balaban J connectivity index is 2.60. The molecule has 0 aliphatic heterocycles. The lowest BCUT2D eigenvalue weighted by Crippen LogP contribution is -2.48. The molecule has 1 aromatic carbocycles. The fourth-order valence-electron chi connectivity index (χ4n) is 1.95. The van der Waals surface area contributed by atoms with Crippen LogP contribution in [-0.2, 0) is 9.59 Å². The molecule has 0 saturated carbocycles. The predicted octanol–water partition coefficient (Wildman–Crippen LogP) is 1.64. The summed E-state index contributed by atoms with van der Waals surface area (Å²) in [6.07, 6.45) is 0.675. The van der Waals surface area contributed by atoms with Crippen molar-refractivity contribution in [3.63, 3.8) is 0 Å². The molecule has 126 valence electrons. The smallest absolute Gasteiger partial charge is 0.260 e. The first-order chi connectivity index (χ1) is 10.8. The highest BCUT2D eigenvalue weighted by Gasteiger charge is 2.19. The molecule has 0 aliphatic carbocycles. The standard InChI is InChI=1S/C17H24N2O4/c1-5-19(10-15(21)18-17(2,3)4)16(22)12-23-14-9-7-6-8-13(14)11-20/h6-9,11H,5,10,12H2,1-4H3,(H,18,21). The average Bonchev–Trinajstić information content (AvgIpc) is 2.48. The van der Waals surface area contributed by atoms with Gasteiger partial charge in [0.1, 0.15) is 5.75 Å². The molecule has 0 saturated heterocycles. The number of para-hydroxylation sites is 1. The Hall–Kier alpha value is -2.37. The van der Waals surface area contributed by atoms with Crippen molar-refractivity contribution in [3.8, 4) is 5.75 Å². The molecule has 0 radical (unpaired) electrons. The second kappa shape index (κ2) is 8.31. The summed E-state index contributed by atoms with van der Waals surface area (Å²) in [5.74, 6) is -0.177. The number of rotatable bonds is 7. The fourth-order valence-corrected chi connectivity index (χ4v) is 1.95. The Bertz CT molecular complexity index is 564. The quantitative estimate of drug-likeness (QED) is 0.775. The number of ether oxygens (including phenoxy) is 1. The van der Waals surface area contributed by atoms with E-state index < -0.39 is 0 Å². The van der Waals surface area contributed by atoms with Crippen LogP contribution >= 0.6 is 0 Å². The molecule has 1 N–H and O–H groups in total. The molecule has 0 spiro atoms. The lowest BCUT2D eigenvalue weighted by molar-refractivity contribution is -0.137. The van der Waals surface area contributed by atoms with E-state index in [4.69, 9.17) is 4.74 Å². The van der Waals surface area contributed by atoms with E-state index >= 15 is 0 Å². The molecule has 6 heteroatoms. The molecule has 0 heterocycles. The maximum Gasteiger partial charge on any atom is 0.260 e. The lowest BCUT2D eigenvalue weighted by Gasteiger charge is -2.25. The Morgan fingerprint density at radius 2 is 1.91 bits per heavy atom. The first kappa shape index (κ1) is 18.7. The molecule has 0 bridgehead atoms. The zero-order valence-electron chi connectivity index (χ0n) is 14.1. The highest BCUT2D eigenvalue weighted by Crippen LogP contribution is 2.15. The highest BCUT2D eigenvalue weighted by molar-refractivity contribution is 5.86. The van der Waals surface area contributed by atoms with Gasteiger partial charge in [0.2, 0.25) is 5.91 Å². The van der Waals surface area contributed by atoms with Gasteiger partial charge in [-0.3, -0.25) is 14.4 Å². The minimum Gasteiger partial charge on any atom is -0.483 e. The van der Waals surface area contributed by atoms with Gasteiger partial charge < -0.3 is 15.0 Å². The van der Waals surface area contributed by atoms with Gasteiger partial charge in [-0.1, -0.05) is 12.1 Å². The molecule has 0 aliphatic rings. The van der Waals surface area contributed by atoms with Crippen molar-refractivity contribution < 1.29 is 19.1 Å². The van der Waals surface area contributed by atoms with Gasteiger partial charge in [0.25, 0.3) is 5.91 Å². The molecule has 23 heavy (non-hydrogen) atoms. The average molecular weight is 320 g/mol. The normalized spacial score (nSPS) is 10.8. The molecule has 1 rings (SSSR count). The van der Waals surface area contributed by atoms with Crippen LogP contribution in [0.5, 0.6) is 5.75 Å². The Kier molecular flexibility index (Phi) is 6.75. The SMILES string of the molecule is CCN(CC(=O)NC(C)(C)C)C(=O)COc1ccccc1C=O. The second-order valence-corrected chi connectivity index (χ2v) is 6.15. The van der Waals surface area contributed by atoms with Crippen LogP contribution in [0.4, 0.5) is 0 Å². The van der Waals surface area contributed by atoms with E-state index in [0.717, 1.165) is 0 Å². The number of carbonyl (C=O) groups excluding carboxylic acids is 3. The van der Waals surface area contributed by atoms with Crippen LogP contribution in [0, 0.1) is 0 Å². The van der Waals surface area contributed by atoms with Crippen molar-refractivity contribution in [3.05, 3.63) is 29.8 Å². The maximum atomic E-state index is 12.2. The zero-order chi connectivity index (χ0) is 17.5. The number of amides is 2. The minimum atomic E-state index is -0.348. The topological polar surface area (TPSA) is 75.7 Å². The lowest BCUT2D eigenvalue weighted by atomic mass is 10.1. The van der Waals surface area contributed by atoms with Crippen LogP contribution in [0.3, 0.4) is 0 Å². The Labute approximate surface area is 136 Å². The molecule has 0 unspecified atom stereocenters. The van der Waals surface area contributed by atoms with Crippen LogP contribution in [0.1, 0.15) is 38.1 Å². The van der Waals surface area contributed by atoms with E-state index in [1.54, 1.807) is 31.2 Å². The van der Waals surface area contributed by atoms with Crippen molar-refractivity contribution in [1.29, 1.82) is 0 Å². The monoisotopic (exact) mass is 320 g/mol. The number of nitrogens with zero attached hydrogens (tertiary/aromatic N) is 1. The second-order valence-electron chi connectivity index (χ2n) is 6.15. The van der Waals surface area contributed by atoms with Crippen molar-refractivity contribution in [1.82, 2.24) is 10.2 Å². The van der Waals surface area contributed by atoms with Crippen LogP contribution < -0.4 is 10.1 Å². The summed E-state index contributed by atoms with van der Waals surface area (Å²) in [5.41, 5.74) is 0.0349. The third-order valence-corrected chi connectivity index (χ3v) is 2.98. The Morgan fingerprint density at radius 1 is 1.26 bits per heavy atom. The number of nitrogens with one attached hydrogen (secondary N) is 1. The summed E-state index contributed by atoms with van der Waals surface area (Å²) in [6.45, 7) is 7.58. The summed E-state index contributed by atoms with van der Waals surface area (Å²) in [6, 6.07) is 6.68. The van der Waals surface area contributed by atoms with E-state index in [9.17, 15) is 14.4 Å². The van der Waals surface area contributed by atoms with E-state index in [1.165, 1.54) is 4.90 Å². The highest BCUT2D eigenvalue weighted by atomic mass is 16.5. The third kappa shape index (κ3) is 6.50. The number of benzene rings is 1. The van der Waals surface area contributed by atoms with Crippen molar-refractivity contribution >= 4 is 18.1 Å². The molecular formula is C17H24N2O4. The van der Waals surface area contributed by atoms with Crippen LogP contribution in [0.2, 0.25) is 0 Å². The number of likely N-dealkylation sites (N-methyl/N-ethyl adjacent to an activating group) is 1. The number of aldehydes is 1. The molecule has 1 aromatic rings. The number of hydrogen-bond donors (Lipinski definition) is 1. The van der Waals surface area contributed by atoms with Gasteiger partial charge in [0.05, 0.1) is 12.1 Å². The van der Waals surface area contributed by atoms with Gasteiger partial charge in [-0.2, -0.15) is 0 Å². The summed E-state index contributed by atoms with van der Waals surface area (Å²) >= 11 is 0.